The van der Waals surface area contributed by atoms with Gasteiger partial charge in [0.25, 0.3) is 0 Å². The van der Waals surface area contributed by atoms with Crippen LogP contribution in [0, 0.1) is 6.92 Å². The molecule has 0 aromatic heterocycles. The number of fused-ring (bicyclic) bond motifs is 1. The number of methoxy groups -OCH3 is 1. The van der Waals surface area contributed by atoms with Crippen LogP contribution in [0.1, 0.15) is 41.3 Å². The Morgan fingerprint density at radius 3 is 2.72 bits per heavy atom. The Bertz CT molecular complexity index is 533. The minimum Gasteiger partial charge on any atom is -0.496 e. The van der Waals surface area contributed by atoms with Crippen LogP contribution in [0.2, 0.25) is 0 Å². The first-order chi connectivity index (χ1) is 8.39. The fraction of sp³-hybridized carbons (Fsp3) is 0.429. The number of ketones is 1. The number of benzene rings is 1. The number of carbonyl (C=O) groups is 2. The van der Waals surface area contributed by atoms with Gasteiger partial charge in [-0.15, -0.1) is 0 Å². The fourth-order valence-electron chi connectivity index (χ4n) is 2.83. The van der Waals surface area contributed by atoms with E-state index < -0.39 is 11.4 Å². The second kappa shape index (κ2) is 4.12. The molecule has 1 aliphatic rings. The van der Waals surface area contributed by atoms with Gasteiger partial charge in [-0.05, 0) is 18.6 Å². The number of aliphatic carboxylic acids is 1. The zero-order valence-electron chi connectivity index (χ0n) is 10.7. The number of ether oxygens (including phenoxy) is 1. The molecular formula is C14H16O4. The number of carbonyl (C=O) groups excluding carboxylic acids is 1. The van der Waals surface area contributed by atoms with Gasteiger partial charge < -0.3 is 9.84 Å². The molecule has 0 radical (unpaired) electrons. The van der Waals surface area contributed by atoms with E-state index in [1.54, 1.807) is 6.07 Å². The van der Waals surface area contributed by atoms with Gasteiger partial charge in [0, 0.05) is 23.0 Å². The SMILES string of the molecule is COc1ccc(C)c2c1C(C)(CC(=O)O)CC2=O. The molecule has 0 saturated carbocycles. The van der Waals surface area contributed by atoms with Crippen LogP contribution in [-0.2, 0) is 10.2 Å². The highest BCUT2D eigenvalue weighted by molar-refractivity contribution is 6.04. The monoisotopic (exact) mass is 248 g/mol. The van der Waals surface area contributed by atoms with Crippen molar-refractivity contribution in [3.05, 3.63) is 28.8 Å². The Balaban J connectivity index is 2.66. The van der Waals surface area contributed by atoms with Crippen LogP contribution in [0.4, 0.5) is 0 Å². The fourth-order valence-corrected chi connectivity index (χ4v) is 2.83. The zero-order chi connectivity index (χ0) is 13.5. The largest absolute Gasteiger partial charge is 0.496 e. The molecule has 1 unspecified atom stereocenters. The Morgan fingerprint density at radius 2 is 2.17 bits per heavy atom. The lowest BCUT2D eigenvalue weighted by Crippen LogP contribution is -2.23. The number of carboxylic acids is 1. The number of rotatable bonds is 3. The Labute approximate surface area is 106 Å². The molecule has 0 aliphatic heterocycles. The van der Waals surface area contributed by atoms with Crippen LogP contribution >= 0.6 is 0 Å². The van der Waals surface area contributed by atoms with Crippen LogP contribution in [0.5, 0.6) is 5.75 Å². The van der Waals surface area contributed by atoms with Gasteiger partial charge in [0.1, 0.15) is 5.75 Å². The summed E-state index contributed by atoms with van der Waals surface area (Å²) in [5.41, 5.74) is 1.59. The van der Waals surface area contributed by atoms with Gasteiger partial charge in [0.2, 0.25) is 0 Å². The molecule has 0 bridgehead atoms. The average Bonchev–Trinajstić information content (AvgIpc) is 2.51. The van der Waals surface area contributed by atoms with Crippen LogP contribution in [0.3, 0.4) is 0 Å². The van der Waals surface area contributed by atoms with E-state index in [1.165, 1.54) is 7.11 Å². The van der Waals surface area contributed by atoms with Crippen molar-refractivity contribution >= 4 is 11.8 Å². The third kappa shape index (κ3) is 1.78. The van der Waals surface area contributed by atoms with Crippen molar-refractivity contribution in [1.29, 1.82) is 0 Å². The van der Waals surface area contributed by atoms with E-state index in [4.69, 9.17) is 9.84 Å². The number of Topliss-reactive ketones (excluding diaryl/α,β-unsaturated/α-hetero) is 1. The summed E-state index contributed by atoms with van der Waals surface area (Å²) < 4.78 is 5.29. The second-order valence-electron chi connectivity index (χ2n) is 5.07. The molecule has 1 aromatic rings. The molecule has 4 nitrogen and oxygen atoms in total. The lowest BCUT2D eigenvalue weighted by molar-refractivity contribution is -0.138. The maximum atomic E-state index is 12.1. The topological polar surface area (TPSA) is 63.6 Å². The first-order valence-electron chi connectivity index (χ1n) is 5.82. The molecule has 96 valence electrons. The van der Waals surface area contributed by atoms with E-state index in [0.29, 0.717) is 11.3 Å². The van der Waals surface area contributed by atoms with Gasteiger partial charge in [-0.1, -0.05) is 13.0 Å². The molecule has 0 saturated heterocycles. The van der Waals surface area contributed by atoms with Crippen molar-refractivity contribution in [2.75, 3.05) is 7.11 Å². The van der Waals surface area contributed by atoms with Crippen molar-refractivity contribution < 1.29 is 19.4 Å². The minimum absolute atomic E-state index is 0.00477. The minimum atomic E-state index is -0.901. The third-order valence-electron chi connectivity index (χ3n) is 3.57. The van der Waals surface area contributed by atoms with Crippen LogP contribution < -0.4 is 4.74 Å². The molecule has 1 aromatic carbocycles. The molecule has 0 amide bonds. The van der Waals surface area contributed by atoms with Crippen molar-refractivity contribution in [3.63, 3.8) is 0 Å². The van der Waals surface area contributed by atoms with Gasteiger partial charge in [-0.2, -0.15) is 0 Å². The molecule has 1 N–H and O–H groups in total. The van der Waals surface area contributed by atoms with Gasteiger partial charge in [-0.3, -0.25) is 9.59 Å². The van der Waals surface area contributed by atoms with Crippen LogP contribution in [-0.4, -0.2) is 24.0 Å². The average molecular weight is 248 g/mol. The molecule has 1 atom stereocenters. The van der Waals surface area contributed by atoms with Crippen molar-refractivity contribution in [3.8, 4) is 5.75 Å². The normalized spacial score (nSPS) is 21.8. The van der Waals surface area contributed by atoms with E-state index in [2.05, 4.69) is 0 Å². The summed E-state index contributed by atoms with van der Waals surface area (Å²) in [4.78, 5) is 23.1. The smallest absolute Gasteiger partial charge is 0.304 e. The molecule has 1 aliphatic carbocycles. The van der Waals surface area contributed by atoms with Crippen molar-refractivity contribution in [2.24, 2.45) is 0 Å². The summed E-state index contributed by atoms with van der Waals surface area (Å²) >= 11 is 0. The van der Waals surface area contributed by atoms with Gasteiger partial charge in [0.15, 0.2) is 5.78 Å². The number of aryl methyl sites for hydroxylation is 1. The maximum Gasteiger partial charge on any atom is 0.304 e. The second-order valence-corrected chi connectivity index (χ2v) is 5.07. The maximum absolute atomic E-state index is 12.1. The van der Waals surface area contributed by atoms with E-state index in [1.807, 2.05) is 19.9 Å². The standard InChI is InChI=1S/C14H16O4/c1-8-4-5-10(18-3)13-12(8)9(15)6-14(13,2)7-11(16)17/h4-5H,6-7H2,1-3H3,(H,16,17). The quantitative estimate of drug-likeness (QED) is 0.891. The zero-order valence-corrected chi connectivity index (χ0v) is 10.7. The Morgan fingerprint density at radius 1 is 1.50 bits per heavy atom. The Kier molecular flexibility index (Phi) is 2.89. The van der Waals surface area contributed by atoms with E-state index in [9.17, 15) is 9.59 Å². The molecular weight excluding hydrogens is 232 g/mol. The van der Waals surface area contributed by atoms with Gasteiger partial charge in [0.05, 0.1) is 13.5 Å². The van der Waals surface area contributed by atoms with Crippen LogP contribution in [0.15, 0.2) is 12.1 Å². The number of carboxylic acid groups (broad SMARTS) is 1. The number of hydrogen-bond acceptors (Lipinski definition) is 3. The van der Waals surface area contributed by atoms with E-state index in [-0.39, 0.29) is 18.6 Å². The van der Waals surface area contributed by atoms with Crippen LogP contribution in [0.25, 0.3) is 0 Å². The lowest BCUT2D eigenvalue weighted by atomic mass is 9.80. The van der Waals surface area contributed by atoms with Crippen molar-refractivity contribution in [1.82, 2.24) is 0 Å². The molecule has 0 heterocycles. The van der Waals surface area contributed by atoms with E-state index >= 15 is 0 Å². The van der Waals surface area contributed by atoms with Gasteiger partial charge in [-0.25, -0.2) is 0 Å². The lowest BCUT2D eigenvalue weighted by Gasteiger charge is -2.24. The van der Waals surface area contributed by atoms with E-state index in [0.717, 1.165) is 11.1 Å². The Hall–Kier alpha value is -1.84. The predicted octanol–water partition coefficient (Wildman–Crippen LogP) is 2.32. The molecule has 4 heteroatoms. The highest BCUT2D eigenvalue weighted by Crippen LogP contribution is 2.47. The third-order valence-corrected chi connectivity index (χ3v) is 3.57. The summed E-state index contributed by atoms with van der Waals surface area (Å²) in [6.07, 6.45) is 0.168. The predicted molar refractivity (Wildman–Crippen MR) is 66.3 cm³/mol. The molecule has 2 rings (SSSR count). The molecule has 0 fully saturated rings. The summed E-state index contributed by atoms with van der Waals surface area (Å²) in [7, 11) is 1.54. The first kappa shape index (κ1) is 12.6. The molecule has 0 spiro atoms. The number of hydrogen-bond donors (Lipinski definition) is 1. The summed E-state index contributed by atoms with van der Waals surface area (Å²) in [6, 6.07) is 3.63. The summed E-state index contributed by atoms with van der Waals surface area (Å²) in [5.74, 6) is -0.294. The summed E-state index contributed by atoms with van der Waals surface area (Å²) in [6.45, 7) is 3.68. The first-order valence-corrected chi connectivity index (χ1v) is 5.82. The van der Waals surface area contributed by atoms with Crippen molar-refractivity contribution in [2.45, 2.75) is 32.1 Å². The summed E-state index contributed by atoms with van der Waals surface area (Å²) in [5, 5.41) is 9.03. The molecule has 18 heavy (non-hydrogen) atoms. The van der Waals surface area contributed by atoms with Gasteiger partial charge >= 0.3 is 5.97 Å². The highest BCUT2D eigenvalue weighted by atomic mass is 16.5. The highest BCUT2D eigenvalue weighted by Gasteiger charge is 2.44.